The molecule has 3 rings (SSSR count). The highest BCUT2D eigenvalue weighted by Gasteiger charge is 2.26. The van der Waals surface area contributed by atoms with E-state index in [4.69, 9.17) is 0 Å². The molecule has 0 radical (unpaired) electrons. The molecule has 0 amide bonds. The lowest BCUT2D eigenvalue weighted by Gasteiger charge is -2.11. The zero-order chi connectivity index (χ0) is 20.0. The second kappa shape index (κ2) is 6.80. The maximum absolute atomic E-state index is 12.7. The van der Waals surface area contributed by atoms with Gasteiger partial charge in [0.15, 0.2) is 0 Å². The van der Waals surface area contributed by atoms with Gasteiger partial charge in [0.25, 0.3) is 5.56 Å². The topological polar surface area (TPSA) is 99.1 Å². The molecule has 27 heavy (non-hydrogen) atoms. The number of hydrogen-bond acceptors (Lipinski definition) is 5. The van der Waals surface area contributed by atoms with Crippen LogP contribution in [-0.2, 0) is 20.1 Å². The van der Waals surface area contributed by atoms with Crippen molar-refractivity contribution in [3.63, 3.8) is 0 Å². The van der Waals surface area contributed by atoms with Crippen LogP contribution in [0.2, 0.25) is 0 Å². The van der Waals surface area contributed by atoms with Gasteiger partial charge in [-0.3, -0.25) is 18.6 Å². The Hall–Kier alpha value is -2.68. The second-order valence-corrected chi connectivity index (χ2v) is 8.21. The van der Waals surface area contributed by atoms with E-state index in [1.165, 1.54) is 23.0 Å². The van der Waals surface area contributed by atoms with Gasteiger partial charge in [-0.05, 0) is 25.8 Å². The molecule has 0 spiro atoms. The zero-order valence-corrected chi connectivity index (χ0v) is 16.8. The third kappa shape index (κ3) is 3.23. The lowest BCUT2D eigenvalue weighted by atomic mass is 10.1. The largest absolute Gasteiger partial charge is 0.478 e. The van der Waals surface area contributed by atoms with Gasteiger partial charge in [0.2, 0.25) is 0 Å². The molecule has 0 aromatic carbocycles. The van der Waals surface area contributed by atoms with Crippen molar-refractivity contribution in [1.82, 2.24) is 18.9 Å². The number of hydrogen-bond donors (Lipinski definition) is 1. The first-order valence-corrected chi connectivity index (χ1v) is 9.43. The maximum atomic E-state index is 12.7. The first kappa shape index (κ1) is 19.1. The van der Waals surface area contributed by atoms with Gasteiger partial charge in [-0.25, -0.2) is 9.59 Å². The molecule has 0 unspecified atom stereocenters. The minimum atomic E-state index is -1.18. The van der Waals surface area contributed by atoms with E-state index in [-0.39, 0.29) is 23.4 Å². The van der Waals surface area contributed by atoms with E-state index in [0.29, 0.717) is 16.3 Å². The summed E-state index contributed by atoms with van der Waals surface area (Å²) in [6.45, 7) is 8.32. The minimum Gasteiger partial charge on any atom is -0.478 e. The summed E-state index contributed by atoms with van der Waals surface area (Å²) in [5, 5.41) is 14.3. The van der Waals surface area contributed by atoms with Crippen LogP contribution in [0.3, 0.4) is 0 Å². The fourth-order valence-corrected chi connectivity index (χ4v) is 4.48. The van der Waals surface area contributed by atoms with Gasteiger partial charge in [0, 0.05) is 24.2 Å². The molecule has 0 saturated heterocycles. The molecule has 0 aliphatic heterocycles. The molecule has 0 aliphatic carbocycles. The van der Waals surface area contributed by atoms with Crippen molar-refractivity contribution >= 4 is 27.5 Å². The van der Waals surface area contributed by atoms with Crippen molar-refractivity contribution in [3.8, 4) is 0 Å². The molecule has 9 heteroatoms. The van der Waals surface area contributed by atoms with Crippen molar-refractivity contribution in [1.29, 1.82) is 0 Å². The van der Waals surface area contributed by atoms with Crippen LogP contribution >= 0.6 is 11.3 Å². The van der Waals surface area contributed by atoms with Crippen LogP contribution in [-0.4, -0.2) is 30.0 Å². The van der Waals surface area contributed by atoms with Crippen molar-refractivity contribution < 1.29 is 9.90 Å². The summed E-state index contributed by atoms with van der Waals surface area (Å²) in [5.41, 5.74) is 0.674. The average Bonchev–Trinajstić information content (AvgIpc) is 3.09. The number of carboxylic acid groups (broad SMARTS) is 1. The average molecular weight is 390 g/mol. The standard InChI is InChI=1S/C18H22N4O4S/c1-9(2)7-21-16-14(15(23)20(5)18(21)26)13(17(24)25)12(27-16)8-22-11(4)6-10(3)19-22/h6,9H,7-8H2,1-5H3,(H,24,25). The Balaban J connectivity index is 2.35. The quantitative estimate of drug-likeness (QED) is 0.718. The fourth-order valence-electron chi connectivity index (χ4n) is 3.21. The summed E-state index contributed by atoms with van der Waals surface area (Å²) < 4.78 is 4.20. The second-order valence-electron chi connectivity index (χ2n) is 7.12. The van der Waals surface area contributed by atoms with E-state index >= 15 is 0 Å². The lowest BCUT2D eigenvalue weighted by molar-refractivity contribution is 0.0698. The lowest BCUT2D eigenvalue weighted by Crippen LogP contribution is -2.38. The predicted octanol–water partition coefficient (Wildman–Crippen LogP) is 1.98. The number of nitrogens with zero attached hydrogens (tertiary/aromatic N) is 4. The molecule has 8 nitrogen and oxygen atoms in total. The van der Waals surface area contributed by atoms with Crippen molar-refractivity contribution in [3.05, 3.63) is 48.7 Å². The van der Waals surface area contributed by atoms with Gasteiger partial charge in [-0.2, -0.15) is 5.10 Å². The van der Waals surface area contributed by atoms with Crippen LogP contribution < -0.4 is 11.2 Å². The van der Waals surface area contributed by atoms with Crippen LogP contribution in [0.15, 0.2) is 15.7 Å². The van der Waals surface area contributed by atoms with Gasteiger partial charge < -0.3 is 5.11 Å². The number of aromatic carboxylic acids is 1. The van der Waals surface area contributed by atoms with E-state index in [1.54, 1.807) is 4.68 Å². The Morgan fingerprint density at radius 3 is 2.48 bits per heavy atom. The van der Waals surface area contributed by atoms with Crippen LogP contribution in [0.4, 0.5) is 0 Å². The Kier molecular flexibility index (Phi) is 4.81. The molecule has 0 saturated carbocycles. The number of rotatable bonds is 5. The van der Waals surface area contributed by atoms with Gasteiger partial charge in [0.05, 0.1) is 23.2 Å². The first-order chi connectivity index (χ1) is 12.6. The van der Waals surface area contributed by atoms with Crippen molar-refractivity contribution in [2.45, 2.75) is 40.8 Å². The van der Waals surface area contributed by atoms with Crippen molar-refractivity contribution in [2.24, 2.45) is 13.0 Å². The number of fused-ring (bicyclic) bond motifs is 1. The van der Waals surface area contributed by atoms with Crippen molar-refractivity contribution in [2.75, 3.05) is 0 Å². The monoisotopic (exact) mass is 390 g/mol. The van der Waals surface area contributed by atoms with Gasteiger partial charge in [0.1, 0.15) is 4.83 Å². The Labute approximate surface area is 159 Å². The summed E-state index contributed by atoms with van der Waals surface area (Å²) in [5.74, 6) is -1.01. The molecule has 144 valence electrons. The van der Waals surface area contributed by atoms with Crippen LogP contribution in [0.1, 0.15) is 40.5 Å². The normalized spacial score (nSPS) is 11.6. The van der Waals surface area contributed by atoms with E-state index in [9.17, 15) is 19.5 Å². The number of thiophene rings is 1. The van der Waals surface area contributed by atoms with Crippen LogP contribution in [0, 0.1) is 19.8 Å². The van der Waals surface area contributed by atoms with Gasteiger partial charge >= 0.3 is 11.7 Å². The molecule has 1 N–H and O–H groups in total. The fraction of sp³-hybridized carbons (Fsp3) is 0.444. The number of aromatic nitrogens is 4. The highest BCUT2D eigenvalue weighted by molar-refractivity contribution is 7.19. The van der Waals surface area contributed by atoms with E-state index in [0.717, 1.165) is 16.0 Å². The van der Waals surface area contributed by atoms with E-state index in [2.05, 4.69) is 5.10 Å². The molecule has 0 bridgehead atoms. The molecule has 0 fully saturated rings. The Morgan fingerprint density at radius 1 is 1.30 bits per heavy atom. The number of aryl methyl sites for hydroxylation is 2. The molecule has 3 heterocycles. The minimum absolute atomic E-state index is 0.0411. The van der Waals surface area contributed by atoms with Gasteiger partial charge in [-0.1, -0.05) is 13.8 Å². The van der Waals surface area contributed by atoms with Crippen LogP contribution in [0.5, 0.6) is 0 Å². The highest BCUT2D eigenvalue weighted by Crippen LogP contribution is 2.30. The zero-order valence-electron chi connectivity index (χ0n) is 15.9. The predicted molar refractivity (Wildman–Crippen MR) is 104 cm³/mol. The Bertz CT molecular complexity index is 1160. The molecule has 3 aromatic heterocycles. The number of carbonyl (C=O) groups is 1. The highest BCUT2D eigenvalue weighted by atomic mass is 32.1. The van der Waals surface area contributed by atoms with E-state index in [1.807, 2.05) is 33.8 Å². The summed E-state index contributed by atoms with van der Waals surface area (Å²) in [7, 11) is 1.38. The third-order valence-electron chi connectivity index (χ3n) is 4.40. The molecule has 0 aliphatic rings. The summed E-state index contributed by atoms with van der Waals surface area (Å²) in [4.78, 5) is 38.2. The third-order valence-corrected chi connectivity index (χ3v) is 5.60. The number of carboxylic acids is 1. The first-order valence-electron chi connectivity index (χ1n) is 8.61. The molecular formula is C18H22N4O4S. The molecule has 0 atom stereocenters. The SMILES string of the molecule is Cc1cc(C)n(Cc2sc3c(c2C(=O)O)c(=O)n(C)c(=O)n3CC(C)C)n1. The molecular weight excluding hydrogens is 368 g/mol. The van der Waals surface area contributed by atoms with Crippen LogP contribution in [0.25, 0.3) is 10.2 Å². The summed E-state index contributed by atoms with van der Waals surface area (Å²) in [6, 6.07) is 1.90. The van der Waals surface area contributed by atoms with Gasteiger partial charge in [-0.15, -0.1) is 11.3 Å². The summed E-state index contributed by atoms with van der Waals surface area (Å²) >= 11 is 1.18. The summed E-state index contributed by atoms with van der Waals surface area (Å²) in [6.07, 6.45) is 0. The molecule has 3 aromatic rings. The maximum Gasteiger partial charge on any atom is 0.337 e. The smallest absolute Gasteiger partial charge is 0.337 e. The van der Waals surface area contributed by atoms with E-state index < -0.39 is 17.2 Å². The Morgan fingerprint density at radius 2 is 1.96 bits per heavy atom.